The minimum absolute atomic E-state index is 0.0574. The third-order valence-corrected chi connectivity index (χ3v) is 5.61. The van der Waals surface area contributed by atoms with Crippen LogP contribution in [-0.2, 0) is 27.7 Å². The van der Waals surface area contributed by atoms with Crippen LogP contribution in [0.25, 0.3) is 0 Å². The van der Waals surface area contributed by atoms with Crippen molar-refractivity contribution in [3.8, 4) is 0 Å². The number of carboxylic acid groups (broad SMARTS) is 1. The van der Waals surface area contributed by atoms with Gasteiger partial charge in [0.1, 0.15) is 24.1 Å². The SMILES string of the molecule is NCCCCC(N=c1nc(N)ccn1[C@@H]1O[C@H](COP(=O)(O)O)[C@@H](OP(=O)(O)O)[C@H]1O)C(=O)O. The molecular formula is C15H27N5O12P2. The predicted octanol–water partition coefficient (Wildman–Crippen LogP) is -2.21. The molecule has 1 aromatic heterocycles. The Hall–Kier alpha value is -1.75. The number of phosphoric ester groups is 2. The lowest BCUT2D eigenvalue weighted by Crippen LogP contribution is -2.38. The molecule has 5 atom stereocenters. The fraction of sp³-hybridized carbons (Fsp3) is 0.667. The van der Waals surface area contributed by atoms with E-state index in [0.29, 0.717) is 19.4 Å². The van der Waals surface area contributed by atoms with E-state index in [0.717, 1.165) is 4.57 Å². The number of hydrogen-bond donors (Lipinski definition) is 8. The fourth-order valence-electron chi connectivity index (χ4n) is 3.14. The third-order valence-electron chi connectivity index (χ3n) is 4.60. The molecule has 2 heterocycles. The van der Waals surface area contributed by atoms with Crippen LogP contribution in [0.3, 0.4) is 0 Å². The maximum absolute atomic E-state index is 11.6. The number of rotatable bonds is 12. The molecule has 1 fully saturated rings. The monoisotopic (exact) mass is 531 g/mol. The van der Waals surface area contributed by atoms with E-state index in [1.807, 2.05) is 0 Å². The van der Waals surface area contributed by atoms with Crippen molar-refractivity contribution in [1.82, 2.24) is 9.55 Å². The molecule has 0 amide bonds. The average molecular weight is 531 g/mol. The van der Waals surface area contributed by atoms with Gasteiger partial charge >= 0.3 is 21.6 Å². The molecule has 1 aliphatic heterocycles. The molecule has 0 bridgehead atoms. The minimum Gasteiger partial charge on any atom is -0.480 e. The first kappa shape index (κ1) is 28.5. The molecule has 17 nitrogen and oxygen atoms in total. The number of aromatic nitrogens is 2. The molecule has 19 heteroatoms. The highest BCUT2D eigenvalue weighted by atomic mass is 31.2. The van der Waals surface area contributed by atoms with Crippen LogP contribution in [0.5, 0.6) is 0 Å². The summed E-state index contributed by atoms with van der Waals surface area (Å²) in [7, 11) is -10.2. The normalized spacial score (nSPS) is 24.9. The number of nitrogens with zero attached hydrogens (tertiary/aromatic N) is 3. The number of aliphatic hydroxyl groups excluding tert-OH is 1. The summed E-state index contributed by atoms with van der Waals surface area (Å²) < 4.78 is 37.9. The van der Waals surface area contributed by atoms with Gasteiger partial charge < -0.3 is 46.0 Å². The number of phosphoric acid groups is 2. The van der Waals surface area contributed by atoms with Crippen LogP contribution >= 0.6 is 15.6 Å². The number of aliphatic carboxylic acids is 1. The van der Waals surface area contributed by atoms with E-state index >= 15 is 0 Å². The highest BCUT2D eigenvalue weighted by Gasteiger charge is 2.49. The van der Waals surface area contributed by atoms with Crippen molar-refractivity contribution < 1.29 is 57.5 Å². The minimum atomic E-state index is -5.19. The zero-order valence-corrected chi connectivity index (χ0v) is 19.4. The van der Waals surface area contributed by atoms with E-state index in [9.17, 15) is 33.9 Å². The van der Waals surface area contributed by atoms with E-state index in [1.165, 1.54) is 12.3 Å². The van der Waals surface area contributed by atoms with Crippen molar-refractivity contribution in [2.45, 2.75) is 49.8 Å². The van der Waals surface area contributed by atoms with Crippen LogP contribution in [0.1, 0.15) is 25.5 Å². The number of anilines is 1. The van der Waals surface area contributed by atoms with Gasteiger partial charge in [0.05, 0.1) is 6.61 Å². The smallest absolute Gasteiger partial charge is 0.470 e. The zero-order valence-electron chi connectivity index (χ0n) is 17.6. The molecule has 1 aromatic rings. The Bertz CT molecular complexity index is 1010. The van der Waals surface area contributed by atoms with Crippen LogP contribution in [0, 0.1) is 0 Å². The van der Waals surface area contributed by atoms with Gasteiger partial charge in [-0.2, -0.15) is 4.98 Å². The van der Waals surface area contributed by atoms with Crippen molar-refractivity contribution in [2.75, 3.05) is 18.9 Å². The molecule has 0 aliphatic carbocycles. The van der Waals surface area contributed by atoms with Crippen molar-refractivity contribution >= 4 is 27.4 Å². The lowest BCUT2D eigenvalue weighted by molar-refractivity contribution is -0.138. The Balaban J connectivity index is 2.45. The molecule has 0 aromatic carbocycles. The van der Waals surface area contributed by atoms with E-state index in [-0.39, 0.29) is 17.9 Å². The van der Waals surface area contributed by atoms with E-state index < -0.39 is 58.8 Å². The quantitative estimate of drug-likeness (QED) is 0.105. The molecule has 2 rings (SSSR count). The summed E-state index contributed by atoms with van der Waals surface area (Å²) in [5.41, 5.74) is 10.8. The first-order valence-electron chi connectivity index (χ1n) is 9.81. The standard InChI is InChI=1S/C15H27N5O12P2/c16-5-2-1-3-8(14(22)23)18-15-19-10(17)4-6-20(15)13-11(21)12(32-34(27,28)29)9(31-13)7-30-33(24,25)26/h4,6,8-9,11-13,21H,1-3,5,7,16H2,(H,22,23)(H2,17,18,19)(H2,24,25,26)(H2,27,28,29)/t8?,9-,11-,12-,13-/m1/s1. The topological polar surface area (TPSA) is 282 Å². The molecule has 1 aliphatic rings. The molecule has 0 saturated carbocycles. The van der Waals surface area contributed by atoms with Crippen molar-refractivity contribution in [3.63, 3.8) is 0 Å². The summed E-state index contributed by atoms with van der Waals surface area (Å²) in [6.07, 6.45) is -4.37. The molecular weight excluding hydrogens is 504 g/mol. The number of hydrogen-bond acceptors (Lipinski definition) is 11. The first-order chi connectivity index (χ1) is 15.7. The van der Waals surface area contributed by atoms with Crippen molar-refractivity contribution in [1.29, 1.82) is 0 Å². The number of nitrogen functional groups attached to an aromatic ring is 1. The molecule has 0 radical (unpaired) electrons. The molecule has 1 saturated heterocycles. The largest absolute Gasteiger partial charge is 0.480 e. The van der Waals surface area contributed by atoms with Gasteiger partial charge in [0.15, 0.2) is 12.3 Å². The highest BCUT2D eigenvalue weighted by molar-refractivity contribution is 7.46. The second kappa shape index (κ2) is 11.8. The number of unbranched alkanes of at least 4 members (excludes halogenated alkanes) is 1. The summed E-state index contributed by atoms with van der Waals surface area (Å²) in [4.78, 5) is 55.9. The lowest BCUT2D eigenvalue weighted by Gasteiger charge is -2.21. The number of ether oxygens (including phenoxy) is 1. The summed E-state index contributed by atoms with van der Waals surface area (Å²) in [6.45, 7) is -0.557. The van der Waals surface area contributed by atoms with Gasteiger partial charge in [-0.1, -0.05) is 0 Å². The van der Waals surface area contributed by atoms with Gasteiger partial charge in [0.25, 0.3) is 0 Å². The summed E-state index contributed by atoms with van der Waals surface area (Å²) in [6, 6.07) is -0.000905. The van der Waals surface area contributed by atoms with Crippen LogP contribution < -0.4 is 17.1 Å². The van der Waals surface area contributed by atoms with Gasteiger partial charge in [-0.3, -0.25) is 13.6 Å². The second-order valence-electron chi connectivity index (χ2n) is 7.23. The van der Waals surface area contributed by atoms with Gasteiger partial charge in [-0.05, 0) is 31.9 Å². The Morgan fingerprint density at radius 2 is 1.94 bits per heavy atom. The Labute approximate surface area is 192 Å². The molecule has 10 N–H and O–H groups in total. The van der Waals surface area contributed by atoms with Crippen LogP contribution in [0.15, 0.2) is 17.3 Å². The Kier molecular flexibility index (Phi) is 9.88. The number of nitrogens with two attached hydrogens (primary N) is 2. The fourth-order valence-corrected chi connectivity index (χ4v) is 4.05. The summed E-state index contributed by atoms with van der Waals surface area (Å²) in [5, 5.41) is 20.2. The summed E-state index contributed by atoms with van der Waals surface area (Å²) in [5.74, 6) is -1.32. The zero-order chi connectivity index (χ0) is 25.7. The molecule has 34 heavy (non-hydrogen) atoms. The average Bonchev–Trinajstić information content (AvgIpc) is 2.99. The maximum Gasteiger partial charge on any atom is 0.470 e. The van der Waals surface area contributed by atoms with Gasteiger partial charge in [0.2, 0.25) is 5.62 Å². The van der Waals surface area contributed by atoms with Crippen LogP contribution in [-0.4, -0.2) is 82.8 Å². The number of carboxylic acids is 1. The van der Waals surface area contributed by atoms with Gasteiger partial charge in [0, 0.05) is 6.20 Å². The van der Waals surface area contributed by atoms with Gasteiger partial charge in [-0.25, -0.2) is 18.9 Å². The van der Waals surface area contributed by atoms with E-state index in [2.05, 4.69) is 19.0 Å². The third kappa shape index (κ3) is 8.48. The number of carbonyl (C=O) groups is 1. The molecule has 1 unspecified atom stereocenters. The summed E-state index contributed by atoms with van der Waals surface area (Å²) >= 11 is 0. The van der Waals surface area contributed by atoms with Crippen LogP contribution in [0.4, 0.5) is 5.82 Å². The van der Waals surface area contributed by atoms with Gasteiger partial charge in [-0.15, -0.1) is 0 Å². The second-order valence-corrected chi connectivity index (χ2v) is 9.66. The Morgan fingerprint density at radius 3 is 2.50 bits per heavy atom. The highest BCUT2D eigenvalue weighted by Crippen LogP contribution is 2.45. The Morgan fingerprint density at radius 1 is 1.26 bits per heavy atom. The maximum atomic E-state index is 11.6. The van der Waals surface area contributed by atoms with Crippen molar-refractivity contribution in [2.24, 2.45) is 10.7 Å². The van der Waals surface area contributed by atoms with Crippen LogP contribution in [0.2, 0.25) is 0 Å². The predicted molar refractivity (Wildman–Crippen MR) is 111 cm³/mol. The van der Waals surface area contributed by atoms with E-state index in [4.69, 9.17) is 26.0 Å². The molecule has 194 valence electrons. The first-order valence-corrected chi connectivity index (χ1v) is 12.9. The molecule has 0 spiro atoms. The lowest BCUT2D eigenvalue weighted by atomic mass is 10.1. The number of aliphatic hydroxyl groups is 1. The van der Waals surface area contributed by atoms with E-state index in [1.54, 1.807) is 0 Å². The van der Waals surface area contributed by atoms with Crippen molar-refractivity contribution in [3.05, 3.63) is 17.9 Å².